The number of fused-ring (bicyclic) bond motifs is 1. The van der Waals surface area contributed by atoms with Crippen LogP contribution in [-0.4, -0.2) is 42.2 Å². The molecule has 4 nitrogen and oxygen atoms in total. The van der Waals surface area contributed by atoms with Gasteiger partial charge in [0.2, 0.25) is 0 Å². The maximum absolute atomic E-state index is 12.8. The Morgan fingerprint density at radius 1 is 1.33 bits per heavy atom. The fourth-order valence-electron chi connectivity index (χ4n) is 3.57. The van der Waals surface area contributed by atoms with Crippen molar-refractivity contribution in [2.45, 2.75) is 37.5 Å². The van der Waals surface area contributed by atoms with Crippen LogP contribution in [0.3, 0.4) is 0 Å². The lowest BCUT2D eigenvalue weighted by Crippen LogP contribution is -2.51. The molecule has 1 aromatic carbocycles. The Morgan fingerprint density at radius 2 is 2.08 bits per heavy atom. The van der Waals surface area contributed by atoms with Crippen LogP contribution in [0.2, 0.25) is 0 Å². The summed E-state index contributed by atoms with van der Waals surface area (Å²) in [6.07, 6.45) is 4.46. The highest BCUT2D eigenvalue weighted by atomic mass is 32.2. The van der Waals surface area contributed by atoms with E-state index >= 15 is 0 Å². The van der Waals surface area contributed by atoms with Crippen molar-refractivity contribution in [1.82, 2.24) is 4.90 Å². The lowest BCUT2D eigenvalue weighted by atomic mass is 9.84. The van der Waals surface area contributed by atoms with Crippen LogP contribution in [0, 0.1) is 12.8 Å². The second-order valence-corrected chi connectivity index (χ2v) is 7.82. The predicted octanol–water partition coefficient (Wildman–Crippen LogP) is 3.25. The quantitative estimate of drug-likeness (QED) is 0.610. The molecule has 0 radical (unpaired) electrons. The van der Waals surface area contributed by atoms with E-state index in [1.165, 1.54) is 7.11 Å². The molecule has 0 N–H and O–H groups in total. The summed E-state index contributed by atoms with van der Waals surface area (Å²) in [5.41, 5.74) is 2.25. The first kappa shape index (κ1) is 17.1. The molecule has 24 heavy (non-hydrogen) atoms. The molecular weight excluding hydrogens is 322 g/mol. The number of ether oxygens (including phenoxy) is 1. The van der Waals surface area contributed by atoms with E-state index in [2.05, 4.69) is 13.0 Å². The van der Waals surface area contributed by atoms with Crippen molar-refractivity contribution in [3.8, 4) is 0 Å². The summed E-state index contributed by atoms with van der Waals surface area (Å²) in [5.74, 6) is -0.190. The van der Waals surface area contributed by atoms with Crippen LogP contribution in [0.1, 0.15) is 30.4 Å². The molecule has 3 atom stereocenters. The zero-order valence-corrected chi connectivity index (χ0v) is 15.1. The highest BCUT2D eigenvalue weighted by Gasteiger charge is 2.43. The first-order valence-electron chi connectivity index (χ1n) is 8.30. The van der Waals surface area contributed by atoms with Gasteiger partial charge in [-0.2, -0.15) is 0 Å². The van der Waals surface area contributed by atoms with Gasteiger partial charge in [-0.1, -0.05) is 24.3 Å². The van der Waals surface area contributed by atoms with Gasteiger partial charge in [0.25, 0.3) is 5.91 Å². The van der Waals surface area contributed by atoms with E-state index in [9.17, 15) is 9.59 Å². The highest BCUT2D eigenvalue weighted by molar-refractivity contribution is 8.04. The van der Waals surface area contributed by atoms with Gasteiger partial charge in [0.05, 0.1) is 17.9 Å². The van der Waals surface area contributed by atoms with Crippen LogP contribution in [0.4, 0.5) is 0 Å². The van der Waals surface area contributed by atoms with E-state index in [0.29, 0.717) is 11.7 Å². The molecule has 0 aromatic heterocycles. The molecule has 1 aromatic rings. The minimum absolute atomic E-state index is 0.0509. The van der Waals surface area contributed by atoms with Crippen molar-refractivity contribution in [2.24, 2.45) is 5.92 Å². The number of rotatable bonds is 2. The molecule has 1 aliphatic carbocycles. The number of likely N-dealkylation sites (N-methyl/N-ethyl adjacent to an activating group) is 1. The lowest BCUT2D eigenvalue weighted by molar-refractivity contribution is -0.148. The lowest BCUT2D eigenvalue weighted by Gasteiger charge is -2.44. The second kappa shape index (κ2) is 7.01. The molecule has 3 unspecified atom stereocenters. The zero-order chi connectivity index (χ0) is 17.3. The van der Waals surface area contributed by atoms with Crippen LogP contribution < -0.4 is 0 Å². The molecule has 128 valence electrons. The molecule has 0 spiro atoms. The minimum Gasteiger partial charge on any atom is -0.469 e. The zero-order valence-electron chi connectivity index (χ0n) is 14.3. The molecule has 1 heterocycles. The number of carbonyl (C=O) groups is 2. The Balaban J connectivity index is 1.81. The van der Waals surface area contributed by atoms with E-state index in [4.69, 9.17) is 4.74 Å². The van der Waals surface area contributed by atoms with Gasteiger partial charge >= 0.3 is 5.97 Å². The number of esters is 1. The fourth-order valence-corrected chi connectivity index (χ4v) is 5.04. The van der Waals surface area contributed by atoms with Crippen LogP contribution in [0.5, 0.6) is 0 Å². The Morgan fingerprint density at radius 3 is 2.79 bits per heavy atom. The van der Waals surface area contributed by atoms with E-state index in [1.54, 1.807) is 11.8 Å². The molecule has 3 rings (SSSR count). The predicted molar refractivity (Wildman–Crippen MR) is 96.5 cm³/mol. The fraction of sp³-hybridized carbons (Fsp3) is 0.474. The average molecular weight is 345 g/mol. The van der Waals surface area contributed by atoms with Gasteiger partial charge in [-0.15, -0.1) is 11.8 Å². The number of methoxy groups -OCH3 is 1. The number of hydrogen-bond donors (Lipinski definition) is 0. The van der Waals surface area contributed by atoms with Gasteiger partial charge in [0, 0.05) is 18.3 Å². The number of thioether (sulfide) groups is 1. The molecule has 2 aliphatic rings. The van der Waals surface area contributed by atoms with Crippen molar-refractivity contribution >= 4 is 29.7 Å². The van der Waals surface area contributed by atoms with E-state index in [1.807, 2.05) is 36.2 Å². The third-order valence-electron chi connectivity index (χ3n) is 5.07. The molecule has 2 fully saturated rings. The van der Waals surface area contributed by atoms with Gasteiger partial charge in [0.15, 0.2) is 0 Å². The topological polar surface area (TPSA) is 46.6 Å². The normalized spacial score (nSPS) is 28.6. The van der Waals surface area contributed by atoms with E-state index in [0.717, 1.165) is 28.9 Å². The van der Waals surface area contributed by atoms with Crippen molar-refractivity contribution in [1.29, 1.82) is 0 Å². The standard InChI is InChI=1S/C19H23NO3S/c1-12-6-4-5-7-13(12)11-17-18(21)20(2)15-10-14(19(22)23-3)8-9-16(15)24-17/h4-7,11,14-16H,8-10H2,1-3H3/b17-11-. The summed E-state index contributed by atoms with van der Waals surface area (Å²) in [4.78, 5) is 27.2. The smallest absolute Gasteiger partial charge is 0.308 e. The third-order valence-corrected chi connectivity index (χ3v) is 6.47. The van der Waals surface area contributed by atoms with Gasteiger partial charge in [-0.25, -0.2) is 0 Å². The number of nitrogens with zero attached hydrogens (tertiary/aromatic N) is 1. The summed E-state index contributed by atoms with van der Waals surface area (Å²) in [7, 11) is 3.28. The minimum atomic E-state index is -0.152. The molecule has 5 heteroatoms. The maximum Gasteiger partial charge on any atom is 0.308 e. The van der Waals surface area contributed by atoms with Crippen LogP contribution in [0.15, 0.2) is 29.2 Å². The van der Waals surface area contributed by atoms with Gasteiger partial charge in [0.1, 0.15) is 0 Å². The first-order chi connectivity index (χ1) is 11.5. The van der Waals surface area contributed by atoms with Gasteiger partial charge < -0.3 is 9.64 Å². The monoisotopic (exact) mass is 345 g/mol. The number of hydrogen-bond acceptors (Lipinski definition) is 4. The van der Waals surface area contributed by atoms with Crippen molar-refractivity contribution in [3.63, 3.8) is 0 Å². The average Bonchev–Trinajstić information content (AvgIpc) is 2.60. The second-order valence-electron chi connectivity index (χ2n) is 6.54. The van der Waals surface area contributed by atoms with Gasteiger partial charge in [-0.05, 0) is 43.4 Å². The van der Waals surface area contributed by atoms with Crippen molar-refractivity contribution in [2.75, 3.05) is 14.2 Å². The SMILES string of the molecule is COC(=O)C1CCC2S/C(=C\c3ccccc3C)C(=O)N(C)C2C1. The number of carbonyl (C=O) groups excluding carboxylic acids is 2. The summed E-state index contributed by atoms with van der Waals surface area (Å²) in [6, 6.07) is 8.19. The van der Waals surface area contributed by atoms with Gasteiger partial charge in [-0.3, -0.25) is 9.59 Å². The van der Waals surface area contributed by atoms with Crippen molar-refractivity contribution < 1.29 is 14.3 Å². The molecule has 0 bridgehead atoms. The van der Waals surface area contributed by atoms with E-state index in [-0.39, 0.29) is 23.8 Å². The summed E-state index contributed by atoms with van der Waals surface area (Å²) in [5, 5.41) is 0.351. The highest BCUT2D eigenvalue weighted by Crippen LogP contribution is 2.43. The molecule has 1 aliphatic heterocycles. The van der Waals surface area contributed by atoms with Crippen LogP contribution in [-0.2, 0) is 14.3 Å². The van der Waals surface area contributed by atoms with Crippen molar-refractivity contribution in [3.05, 3.63) is 40.3 Å². The Bertz CT molecular complexity index is 685. The molecule has 1 saturated heterocycles. The Kier molecular flexibility index (Phi) is 4.99. The number of aryl methyl sites for hydroxylation is 1. The van der Waals surface area contributed by atoms with Crippen LogP contribution in [0.25, 0.3) is 6.08 Å². The number of amides is 1. The first-order valence-corrected chi connectivity index (χ1v) is 9.18. The largest absolute Gasteiger partial charge is 0.469 e. The van der Waals surface area contributed by atoms with E-state index < -0.39 is 0 Å². The Labute approximate surface area is 147 Å². The summed E-state index contributed by atoms with van der Waals surface area (Å²) >= 11 is 1.67. The molecule has 1 saturated carbocycles. The van der Waals surface area contributed by atoms with Crippen LogP contribution >= 0.6 is 11.8 Å². The molecular formula is C19H23NO3S. The Hall–Kier alpha value is -1.75. The summed E-state index contributed by atoms with van der Waals surface area (Å²) in [6.45, 7) is 2.05. The number of benzene rings is 1. The maximum atomic E-state index is 12.8. The molecule has 1 amide bonds. The summed E-state index contributed by atoms with van der Waals surface area (Å²) < 4.78 is 4.88. The third kappa shape index (κ3) is 3.22.